The molecule has 20 heavy (non-hydrogen) atoms. The van der Waals surface area contributed by atoms with E-state index in [0.717, 1.165) is 34.8 Å². The highest BCUT2D eigenvalue weighted by Gasteiger charge is 2.16. The van der Waals surface area contributed by atoms with Gasteiger partial charge in [0, 0.05) is 24.5 Å². The van der Waals surface area contributed by atoms with E-state index in [1.165, 1.54) is 0 Å². The molecule has 0 aliphatic rings. The molecule has 0 aliphatic heterocycles. The van der Waals surface area contributed by atoms with Crippen LogP contribution in [0.5, 0.6) is 0 Å². The average molecular weight is 294 g/mol. The van der Waals surface area contributed by atoms with Gasteiger partial charge in [-0.1, -0.05) is 17.7 Å². The van der Waals surface area contributed by atoms with Crippen LogP contribution in [0.25, 0.3) is 11.0 Å². The van der Waals surface area contributed by atoms with Gasteiger partial charge in [-0.15, -0.1) is 0 Å². The van der Waals surface area contributed by atoms with Crippen LogP contribution in [-0.2, 0) is 6.42 Å². The molecular weight excluding hydrogens is 270 g/mol. The minimum absolute atomic E-state index is 0.131. The van der Waals surface area contributed by atoms with Gasteiger partial charge in [0.2, 0.25) is 0 Å². The zero-order chi connectivity index (χ0) is 14.9. The topological polar surface area (TPSA) is 29.9 Å². The number of nitrogens with zero attached hydrogens (tertiary/aromatic N) is 2. The number of para-hydroxylation sites is 1. The summed E-state index contributed by atoms with van der Waals surface area (Å²) in [7, 11) is 0. The van der Waals surface area contributed by atoms with Gasteiger partial charge in [-0.3, -0.25) is 0 Å². The van der Waals surface area contributed by atoms with Gasteiger partial charge in [0.25, 0.3) is 0 Å². The maximum atomic E-state index is 6.35. The molecule has 0 aliphatic carbocycles. The fourth-order valence-corrected chi connectivity index (χ4v) is 2.70. The number of nitrogens with one attached hydrogen (secondary N) is 1. The van der Waals surface area contributed by atoms with Crippen molar-refractivity contribution in [3.05, 3.63) is 29.0 Å². The smallest absolute Gasteiger partial charge is 0.111 e. The first-order valence-corrected chi connectivity index (χ1v) is 7.58. The average Bonchev–Trinajstić information content (AvgIpc) is 2.67. The predicted molar refractivity (Wildman–Crippen MR) is 86.6 cm³/mol. The van der Waals surface area contributed by atoms with Crippen molar-refractivity contribution in [1.29, 1.82) is 0 Å². The predicted octanol–water partition coefficient (Wildman–Crippen LogP) is 4.20. The maximum absolute atomic E-state index is 6.35. The summed E-state index contributed by atoms with van der Waals surface area (Å²) in [4.78, 5) is 4.75. The van der Waals surface area contributed by atoms with Gasteiger partial charge in [0.1, 0.15) is 5.82 Å². The molecule has 0 radical (unpaired) electrons. The molecule has 1 heterocycles. The summed E-state index contributed by atoms with van der Waals surface area (Å²) in [5, 5.41) is 4.29. The van der Waals surface area contributed by atoms with Crippen molar-refractivity contribution in [3.63, 3.8) is 0 Å². The highest BCUT2D eigenvalue weighted by Crippen LogP contribution is 2.27. The highest BCUT2D eigenvalue weighted by atomic mass is 35.5. The van der Waals surface area contributed by atoms with Crippen LogP contribution >= 0.6 is 11.6 Å². The summed E-state index contributed by atoms with van der Waals surface area (Å²) >= 11 is 6.35. The largest absolute Gasteiger partial charge is 0.324 e. The Morgan fingerprint density at radius 2 is 2.00 bits per heavy atom. The lowest BCUT2D eigenvalue weighted by molar-refractivity contribution is 0.424. The Balaban J connectivity index is 2.33. The van der Waals surface area contributed by atoms with Gasteiger partial charge in [0.05, 0.1) is 16.1 Å². The molecule has 0 amide bonds. The normalized spacial score (nSPS) is 12.6. The zero-order valence-electron chi connectivity index (χ0n) is 13.0. The van der Waals surface area contributed by atoms with Crippen LogP contribution in [0.1, 0.15) is 46.5 Å². The van der Waals surface area contributed by atoms with E-state index in [-0.39, 0.29) is 5.54 Å². The molecule has 2 aromatic rings. The molecule has 0 saturated carbocycles. The Hall–Kier alpha value is -1.06. The third-order valence-corrected chi connectivity index (χ3v) is 3.56. The summed E-state index contributed by atoms with van der Waals surface area (Å²) < 4.78 is 2.25. The Labute approximate surface area is 126 Å². The number of hydrogen-bond acceptors (Lipinski definition) is 2. The van der Waals surface area contributed by atoms with E-state index < -0.39 is 0 Å². The first kappa shape index (κ1) is 15.3. The summed E-state index contributed by atoms with van der Waals surface area (Å²) in [5.41, 5.74) is 2.17. The number of halogens is 1. The first-order chi connectivity index (χ1) is 9.29. The Morgan fingerprint density at radius 3 is 2.60 bits per heavy atom. The summed E-state index contributed by atoms with van der Waals surface area (Å²) in [6.45, 7) is 11.8. The van der Waals surface area contributed by atoms with Crippen molar-refractivity contribution >= 4 is 22.6 Å². The number of benzene rings is 1. The second-order valence-corrected chi connectivity index (χ2v) is 6.93. The van der Waals surface area contributed by atoms with Crippen molar-refractivity contribution < 1.29 is 0 Å². The van der Waals surface area contributed by atoms with Gasteiger partial charge in [-0.2, -0.15) is 0 Å². The minimum Gasteiger partial charge on any atom is -0.324 e. The van der Waals surface area contributed by atoms with E-state index in [2.05, 4.69) is 44.5 Å². The van der Waals surface area contributed by atoms with Crippen molar-refractivity contribution in [2.45, 2.75) is 52.6 Å². The van der Waals surface area contributed by atoms with E-state index in [1.54, 1.807) is 0 Å². The molecule has 1 N–H and O–H groups in total. The lowest BCUT2D eigenvalue weighted by Crippen LogP contribution is -2.37. The van der Waals surface area contributed by atoms with Crippen LogP contribution in [0.4, 0.5) is 0 Å². The van der Waals surface area contributed by atoms with Crippen molar-refractivity contribution in [2.75, 3.05) is 6.54 Å². The Kier molecular flexibility index (Phi) is 4.40. The molecule has 2 rings (SSSR count). The van der Waals surface area contributed by atoms with Gasteiger partial charge < -0.3 is 9.88 Å². The lowest BCUT2D eigenvalue weighted by atomic mass is 10.1. The van der Waals surface area contributed by atoms with Crippen LogP contribution in [0.3, 0.4) is 0 Å². The van der Waals surface area contributed by atoms with Crippen LogP contribution in [0.2, 0.25) is 5.02 Å². The molecule has 1 aromatic carbocycles. The van der Waals surface area contributed by atoms with Gasteiger partial charge in [-0.25, -0.2) is 4.98 Å². The molecule has 0 saturated heterocycles. The highest BCUT2D eigenvalue weighted by molar-refractivity contribution is 6.35. The van der Waals surface area contributed by atoms with Gasteiger partial charge >= 0.3 is 0 Å². The summed E-state index contributed by atoms with van der Waals surface area (Å²) in [6, 6.07) is 6.27. The van der Waals surface area contributed by atoms with E-state index >= 15 is 0 Å². The summed E-state index contributed by atoms with van der Waals surface area (Å²) in [5.74, 6) is 1.10. The first-order valence-electron chi connectivity index (χ1n) is 7.20. The Morgan fingerprint density at radius 1 is 1.30 bits per heavy atom. The second kappa shape index (κ2) is 5.74. The second-order valence-electron chi connectivity index (χ2n) is 6.53. The van der Waals surface area contributed by atoms with Gasteiger partial charge in [0.15, 0.2) is 0 Å². The third kappa shape index (κ3) is 3.33. The molecule has 110 valence electrons. The number of hydrogen-bond donors (Lipinski definition) is 1. The van der Waals surface area contributed by atoms with Crippen LogP contribution < -0.4 is 5.32 Å². The lowest BCUT2D eigenvalue weighted by Gasteiger charge is -2.21. The monoisotopic (exact) mass is 293 g/mol. The molecule has 3 nitrogen and oxygen atoms in total. The molecule has 0 fully saturated rings. The number of fused-ring (bicyclic) bond motifs is 1. The molecule has 0 atom stereocenters. The molecule has 0 unspecified atom stereocenters. The quantitative estimate of drug-likeness (QED) is 0.915. The fourth-order valence-electron chi connectivity index (χ4n) is 2.44. The molecule has 0 spiro atoms. The van der Waals surface area contributed by atoms with E-state index in [4.69, 9.17) is 16.6 Å². The minimum atomic E-state index is 0.131. The van der Waals surface area contributed by atoms with Crippen molar-refractivity contribution in [3.8, 4) is 0 Å². The van der Waals surface area contributed by atoms with E-state index in [1.807, 2.05) is 18.2 Å². The van der Waals surface area contributed by atoms with Gasteiger partial charge in [-0.05, 0) is 46.8 Å². The summed E-state index contributed by atoms with van der Waals surface area (Å²) in [6.07, 6.45) is 0.903. The molecule has 0 bridgehead atoms. The molecule has 4 heteroatoms. The van der Waals surface area contributed by atoms with E-state index in [9.17, 15) is 0 Å². The van der Waals surface area contributed by atoms with Crippen molar-refractivity contribution in [1.82, 2.24) is 14.9 Å². The number of rotatable bonds is 4. The SMILES string of the molecule is CC(C)n1c(CCNC(C)(C)C)nc2cccc(Cl)c21. The third-order valence-electron chi connectivity index (χ3n) is 3.25. The maximum Gasteiger partial charge on any atom is 0.111 e. The number of imidazole rings is 1. The number of aromatic nitrogens is 2. The molecule has 1 aromatic heterocycles. The fraction of sp³-hybridized carbons (Fsp3) is 0.562. The van der Waals surface area contributed by atoms with Crippen LogP contribution in [0.15, 0.2) is 18.2 Å². The van der Waals surface area contributed by atoms with Crippen LogP contribution in [-0.4, -0.2) is 21.6 Å². The standard InChI is InChI=1S/C16H24ClN3/c1-11(2)20-14(9-10-18-16(3,4)5)19-13-8-6-7-12(17)15(13)20/h6-8,11,18H,9-10H2,1-5H3. The van der Waals surface area contributed by atoms with E-state index in [0.29, 0.717) is 6.04 Å². The van der Waals surface area contributed by atoms with Crippen LogP contribution in [0, 0.1) is 0 Å². The molecular formula is C16H24ClN3. The van der Waals surface area contributed by atoms with Crippen molar-refractivity contribution in [2.24, 2.45) is 0 Å². The zero-order valence-corrected chi connectivity index (χ0v) is 13.8. The Bertz CT molecular complexity index is 594.